The lowest BCUT2D eigenvalue weighted by Crippen LogP contribution is -2.62. The van der Waals surface area contributed by atoms with E-state index < -0.39 is 0 Å². The van der Waals surface area contributed by atoms with E-state index in [9.17, 15) is 9.59 Å². The van der Waals surface area contributed by atoms with Gasteiger partial charge in [0, 0.05) is 33.7 Å². The zero-order valence-electron chi connectivity index (χ0n) is 11.9. The van der Waals surface area contributed by atoms with E-state index in [2.05, 4.69) is 5.32 Å². The van der Waals surface area contributed by atoms with Crippen LogP contribution in [0.4, 0.5) is 0 Å². The number of thioether (sulfide) groups is 1. The highest BCUT2D eigenvalue weighted by molar-refractivity contribution is 8.01. The Labute approximate surface area is 119 Å². The highest BCUT2D eigenvalue weighted by Crippen LogP contribution is 2.39. The third kappa shape index (κ3) is 2.89. The van der Waals surface area contributed by atoms with Gasteiger partial charge >= 0.3 is 0 Å². The van der Waals surface area contributed by atoms with Crippen LogP contribution in [0.15, 0.2) is 0 Å². The van der Waals surface area contributed by atoms with Crippen LogP contribution in [-0.2, 0) is 9.59 Å². The first-order valence-electron chi connectivity index (χ1n) is 6.82. The molecule has 6 heteroatoms. The Morgan fingerprint density at radius 2 is 2.16 bits per heavy atom. The SMILES string of the molecule is CN(C)C(=O)C1CNCCN1C(=O)C1(C)CCCS1. The van der Waals surface area contributed by atoms with Crippen LogP contribution < -0.4 is 5.32 Å². The highest BCUT2D eigenvalue weighted by Gasteiger charge is 2.44. The van der Waals surface area contributed by atoms with Crippen LogP contribution in [0, 0.1) is 0 Å². The zero-order chi connectivity index (χ0) is 14.0. The Balaban J connectivity index is 2.15. The molecule has 0 aliphatic carbocycles. The maximum Gasteiger partial charge on any atom is 0.246 e. The molecular formula is C13H23N3O2S. The van der Waals surface area contributed by atoms with Crippen molar-refractivity contribution in [3.8, 4) is 0 Å². The summed E-state index contributed by atoms with van der Waals surface area (Å²) in [6, 6.07) is -0.353. The number of nitrogens with zero attached hydrogens (tertiary/aromatic N) is 2. The number of piperazine rings is 1. The van der Waals surface area contributed by atoms with Crippen LogP contribution in [0.25, 0.3) is 0 Å². The molecule has 2 heterocycles. The first-order chi connectivity index (χ1) is 8.96. The van der Waals surface area contributed by atoms with Crippen molar-refractivity contribution in [2.45, 2.75) is 30.6 Å². The molecule has 2 unspecified atom stereocenters. The lowest BCUT2D eigenvalue weighted by atomic mass is 10.0. The van der Waals surface area contributed by atoms with E-state index in [1.807, 2.05) is 6.92 Å². The fourth-order valence-corrected chi connectivity index (χ4v) is 3.99. The molecule has 19 heavy (non-hydrogen) atoms. The van der Waals surface area contributed by atoms with Gasteiger partial charge in [-0.1, -0.05) is 0 Å². The van der Waals surface area contributed by atoms with Crippen molar-refractivity contribution in [3.05, 3.63) is 0 Å². The van der Waals surface area contributed by atoms with Crippen molar-refractivity contribution in [1.29, 1.82) is 0 Å². The van der Waals surface area contributed by atoms with E-state index >= 15 is 0 Å². The van der Waals surface area contributed by atoms with Crippen molar-refractivity contribution in [2.75, 3.05) is 39.5 Å². The summed E-state index contributed by atoms with van der Waals surface area (Å²) in [6.07, 6.45) is 2.01. The fraction of sp³-hybridized carbons (Fsp3) is 0.846. The number of likely N-dealkylation sites (N-methyl/N-ethyl adjacent to an activating group) is 1. The van der Waals surface area contributed by atoms with Gasteiger partial charge in [-0.05, 0) is 25.5 Å². The van der Waals surface area contributed by atoms with Crippen molar-refractivity contribution in [1.82, 2.24) is 15.1 Å². The molecule has 0 saturated carbocycles. The Kier molecular flexibility index (Phi) is 4.40. The van der Waals surface area contributed by atoms with E-state index in [0.29, 0.717) is 13.1 Å². The average Bonchev–Trinajstić information content (AvgIpc) is 2.85. The van der Waals surface area contributed by atoms with E-state index in [1.165, 1.54) is 0 Å². The molecule has 1 N–H and O–H groups in total. The second-order valence-corrected chi connectivity index (χ2v) is 7.23. The molecule has 108 valence electrons. The third-order valence-electron chi connectivity index (χ3n) is 3.90. The molecular weight excluding hydrogens is 262 g/mol. The number of hydrogen-bond acceptors (Lipinski definition) is 4. The van der Waals surface area contributed by atoms with Gasteiger partial charge in [0.15, 0.2) is 0 Å². The molecule has 2 fully saturated rings. The topological polar surface area (TPSA) is 52.7 Å². The molecule has 0 radical (unpaired) electrons. The van der Waals surface area contributed by atoms with E-state index in [0.717, 1.165) is 25.1 Å². The minimum absolute atomic E-state index is 0.00662. The molecule has 0 aromatic heterocycles. The summed E-state index contributed by atoms with van der Waals surface area (Å²) in [6.45, 7) is 3.97. The van der Waals surface area contributed by atoms with Gasteiger partial charge in [0.1, 0.15) is 6.04 Å². The standard InChI is InChI=1S/C13H23N3O2S/c1-13(5-4-8-19-13)12(18)16-7-6-14-9-10(16)11(17)15(2)3/h10,14H,4-9H2,1-3H3. The number of carbonyl (C=O) groups excluding carboxylic acids is 2. The summed E-state index contributed by atoms with van der Waals surface area (Å²) in [5.74, 6) is 1.18. The third-order valence-corrected chi connectivity index (χ3v) is 5.41. The van der Waals surface area contributed by atoms with E-state index in [1.54, 1.807) is 35.7 Å². The van der Waals surface area contributed by atoms with Crippen molar-refractivity contribution < 1.29 is 9.59 Å². The van der Waals surface area contributed by atoms with Crippen LogP contribution in [-0.4, -0.2) is 71.9 Å². The predicted octanol–water partition coefficient (Wildman–Crippen LogP) is 0.161. The summed E-state index contributed by atoms with van der Waals surface area (Å²) < 4.78 is -0.331. The van der Waals surface area contributed by atoms with Crippen molar-refractivity contribution in [2.24, 2.45) is 0 Å². The van der Waals surface area contributed by atoms with Crippen LogP contribution >= 0.6 is 11.8 Å². The molecule has 2 rings (SSSR count). The first kappa shape index (κ1) is 14.7. The number of amides is 2. The first-order valence-corrected chi connectivity index (χ1v) is 7.81. The molecule has 2 atom stereocenters. The van der Waals surface area contributed by atoms with Gasteiger partial charge in [-0.2, -0.15) is 0 Å². The number of carbonyl (C=O) groups is 2. The van der Waals surface area contributed by atoms with E-state index in [4.69, 9.17) is 0 Å². The monoisotopic (exact) mass is 285 g/mol. The molecule has 5 nitrogen and oxygen atoms in total. The maximum atomic E-state index is 12.8. The number of rotatable bonds is 2. The van der Waals surface area contributed by atoms with Gasteiger partial charge in [0.05, 0.1) is 4.75 Å². The summed E-state index contributed by atoms with van der Waals surface area (Å²) >= 11 is 1.73. The molecule has 2 saturated heterocycles. The van der Waals surface area contributed by atoms with Crippen LogP contribution in [0.3, 0.4) is 0 Å². The van der Waals surface area contributed by atoms with Crippen LogP contribution in [0.2, 0.25) is 0 Å². The minimum Gasteiger partial charge on any atom is -0.347 e. The molecule has 0 bridgehead atoms. The van der Waals surface area contributed by atoms with Gasteiger partial charge in [-0.3, -0.25) is 9.59 Å². The largest absolute Gasteiger partial charge is 0.347 e. The second kappa shape index (κ2) is 5.71. The zero-order valence-corrected chi connectivity index (χ0v) is 12.8. The molecule has 0 aromatic rings. The highest BCUT2D eigenvalue weighted by atomic mass is 32.2. The van der Waals surface area contributed by atoms with Crippen LogP contribution in [0.1, 0.15) is 19.8 Å². The van der Waals surface area contributed by atoms with Gasteiger partial charge in [0.2, 0.25) is 11.8 Å². The molecule has 2 aliphatic heterocycles. The Hall–Kier alpha value is -0.750. The smallest absolute Gasteiger partial charge is 0.246 e. The quantitative estimate of drug-likeness (QED) is 0.785. The predicted molar refractivity (Wildman–Crippen MR) is 77.2 cm³/mol. The Morgan fingerprint density at radius 1 is 1.42 bits per heavy atom. The summed E-state index contributed by atoms with van der Waals surface area (Å²) in [5.41, 5.74) is 0. The molecule has 2 aliphatic rings. The van der Waals surface area contributed by atoms with Crippen molar-refractivity contribution >= 4 is 23.6 Å². The number of nitrogens with one attached hydrogen (secondary N) is 1. The summed E-state index contributed by atoms with van der Waals surface area (Å²) in [7, 11) is 3.48. The molecule has 0 aromatic carbocycles. The lowest BCUT2D eigenvalue weighted by Gasteiger charge is -2.40. The van der Waals surface area contributed by atoms with Gasteiger partial charge in [-0.25, -0.2) is 0 Å². The van der Waals surface area contributed by atoms with Crippen molar-refractivity contribution in [3.63, 3.8) is 0 Å². The normalized spacial score (nSPS) is 31.3. The summed E-state index contributed by atoms with van der Waals surface area (Å²) in [4.78, 5) is 28.3. The maximum absolute atomic E-state index is 12.8. The van der Waals surface area contributed by atoms with Gasteiger partial charge in [0.25, 0.3) is 0 Å². The Morgan fingerprint density at radius 3 is 2.74 bits per heavy atom. The second-order valence-electron chi connectivity index (χ2n) is 5.63. The Bertz CT molecular complexity index is 367. The lowest BCUT2D eigenvalue weighted by molar-refractivity contribution is -0.146. The average molecular weight is 285 g/mol. The van der Waals surface area contributed by atoms with E-state index in [-0.39, 0.29) is 22.6 Å². The van der Waals surface area contributed by atoms with Crippen LogP contribution in [0.5, 0.6) is 0 Å². The number of hydrogen-bond donors (Lipinski definition) is 1. The van der Waals surface area contributed by atoms with Gasteiger partial charge in [-0.15, -0.1) is 11.8 Å². The minimum atomic E-state index is -0.353. The van der Waals surface area contributed by atoms with Gasteiger partial charge < -0.3 is 15.1 Å². The fourth-order valence-electron chi connectivity index (χ4n) is 2.72. The summed E-state index contributed by atoms with van der Waals surface area (Å²) in [5, 5.41) is 3.21. The molecule has 0 spiro atoms. The molecule has 2 amide bonds.